The smallest absolute Gasteiger partial charge is 0.243 e. The maximum atomic E-state index is 13.8. The van der Waals surface area contributed by atoms with Crippen molar-refractivity contribution in [1.82, 2.24) is 59.4 Å². The Kier molecular flexibility index (Phi) is 20.2. The topological polar surface area (TPSA) is 278 Å². The zero-order valence-electron chi connectivity index (χ0n) is 34.2. The summed E-state index contributed by atoms with van der Waals surface area (Å²) in [4.78, 5) is 101. The standard InChI is InChI=1S/C35H61N15O7/c1-7-11-45(31(53)23-47(13-9-3)33(55)25-50(35(57)28(37)15-36)19-27-17-44(6)42-40-27)21-30(52)46(12-8-2)22-32(54)48(14-10-4)24-34(56)49(20-29(38)51)18-26-16-43(5)41-39-26/h16-17,28H,7-15,18-25,36-37H2,1-6H3,(H2,38,51). The lowest BCUT2D eigenvalue weighted by Gasteiger charge is -2.32. The van der Waals surface area contributed by atoms with Gasteiger partial charge in [0.25, 0.3) is 0 Å². The van der Waals surface area contributed by atoms with Gasteiger partial charge in [0.1, 0.15) is 17.9 Å². The summed E-state index contributed by atoms with van der Waals surface area (Å²) in [5.41, 5.74) is 17.8. The molecule has 6 N–H and O–H groups in total. The molecule has 1 unspecified atom stereocenters. The molecule has 2 rings (SSSR count). The van der Waals surface area contributed by atoms with Crippen LogP contribution in [0.5, 0.6) is 0 Å². The highest BCUT2D eigenvalue weighted by molar-refractivity contribution is 5.93. The first-order valence-electron chi connectivity index (χ1n) is 19.2. The summed E-state index contributed by atoms with van der Waals surface area (Å²) < 4.78 is 2.91. The summed E-state index contributed by atoms with van der Waals surface area (Å²) in [6.07, 6.45) is 5.23. The van der Waals surface area contributed by atoms with Gasteiger partial charge in [-0.3, -0.25) is 42.9 Å². The number of aromatic nitrogens is 6. The lowest BCUT2D eigenvalue weighted by Crippen LogP contribution is -2.53. The van der Waals surface area contributed by atoms with Crippen LogP contribution in [0, 0.1) is 0 Å². The fourth-order valence-corrected chi connectivity index (χ4v) is 5.86. The third-order valence-electron chi connectivity index (χ3n) is 8.60. The van der Waals surface area contributed by atoms with Gasteiger partial charge < -0.3 is 46.6 Å². The number of hydrogen-bond donors (Lipinski definition) is 3. The molecule has 0 aromatic carbocycles. The zero-order valence-corrected chi connectivity index (χ0v) is 34.2. The number of rotatable bonds is 26. The number of carbonyl (C=O) groups is 7. The minimum Gasteiger partial charge on any atom is -0.368 e. The van der Waals surface area contributed by atoms with E-state index in [1.54, 1.807) is 26.5 Å². The van der Waals surface area contributed by atoms with E-state index >= 15 is 0 Å². The third-order valence-corrected chi connectivity index (χ3v) is 8.60. The van der Waals surface area contributed by atoms with Gasteiger partial charge in [0, 0.05) is 59.2 Å². The molecule has 0 bridgehead atoms. The molecular formula is C35H61N15O7. The van der Waals surface area contributed by atoms with E-state index < -0.39 is 60.5 Å². The lowest BCUT2D eigenvalue weighted by molar-refractivity contribution is -0.148. The van der Waals surface area contributed by atoms with Crippen molar-refractivity contribution in [3.63, 3.8) is 0 Å². The molecule has 318 valence electrons. The number of amides is 7. The molecule has 0 spiro atoms. The second-order valence-corrected chi connectivity index (χ2v) is 13.8. The Balaban J connectivity index is 2.20. The first-order chi connectivity index (χ1) is 27.1. The predicted molar refractivity (Wildman–Crippen MR) is 207 cm³/mol. The molecule has 2 heterocycles. The van der Waals surface area contributed by atoms with Crippen LogP contribution in [-0.2, 0) is 60.7 Å². The molecule has 0 saturated heterocycles. The average Bonchev–Trinajstić information content (AvgIpc) is 3.78. The maximum absolute atomic E-state index is 13.8. The Hall–Kier alpha value is -5.51. The number of primary amides is 1. The summed E-state index contributed by atoms with van der Waals surface area (Å²) in [5.74, 6) is -3.82. The quantitative estimate of drug-likeness (QED) is 0.0858. The van der Waals surface area contributed by atoms with Gasteiger partial charge in [0.2, 0.25) is 41.4 Å². The van der Waals surface area contributed by atoms with Gasteiger partial charge in [0.05, 0.1) is 51.9 Å². The molecule has 0 aliphatic heterocycles. The van der Waals surface area contributed by atoms with Crippen molar-refractivity contribution in [2.24, 2.45) is 31.3 Å². The van der Waals surface area contributed by atoms with Crippen molar-refractivity contribution in [3.8, 4) is 0 Å². The zero-order chi connectivity index (χ0) is 42.7. The highest BCUT2D eigenvalue weighted by Gasteiger charge is 2.30. The molecular weight excluding hydrogens is 742 g/mol. The number of carbonyl (C=O) groups excluding carboxylic acids is 7. The number of nitrogens with zero attached hydrogens (tertiary/aromatic N) is 12. The van der Waals surface area contributed by atoms with Crippen LogP contribution in [0.2, 0.25) is 0 Å². The molecule has 57 heavy (non-hydrogen) atoms. The Labute approximate surface area is 333 Å². The van der Waals surface area contributed by atoms with E-state index in [4.69, 9.17) is 17.2 Å². The van der Waals surface area contributed by atoms with Crippen molar-refractivity contribution in [1.29, 1.82) is 0 Å². The highest BCUT2D eigenvalue weighted by Crippen LogP contribution is 2.09. The Morgan fingerprint density at radius 2 is 0.877 bits per heavy atom. The van der Waals surface area contributed by atoms with Crippen LogP contribution in [0.4, 0.5) is 0 Å². The van der Waals surface area contributed by atoms with E-state index in [0.717, 1.165) is 0 Å². The largest absolute Gasteiger partial charge is 0.368 e. The fraction of sp³-hybridized carbons (Fsp3) is 0.686. The van der Waals surface area contributed by atoms with Gasteiger partial charge in [-0.15, -0.1) is 10.2 Å². The second-order valence-electron chi connectivity index (χ2n) is 13.8. The normalized spacial score (nSPS) is 11.4. The molecule has 22 heteroatoms. The number of aryl methyl sites for hydroxylation is 2. The minimum absolute atomic E-state index is 0.0471. The van der Waals surface area contributed by atoms with Crippen LogP contribution in [-0.4, -0.2) is 179 Å². The number of nitrogens with two attached hydrogens (primary N) is 3. The van der Waals surface area contributed by atoms with E-state index in [-0.39, 0.29) is 72.0 Å². The Bertz CT molecular complexity index is 1650. The molecule has 0 fully saturated rings. The van der Waals surface area contributed by atoms with Crippen molar-refractivity contribution in [2.75, 3.05) is 72.0 Å². The SMILES string of the molecule is CCCN(CC(=O)N(CCC)CC(=O)N(CC(N)=O)Cc1cn(C)nn1)C(=O)CN(CCC)C(=O)CN(CCC)C(=O)CN(Cc1cn(C)nn1)C(=O)C(N)CN. The van der Waals surface area contributed by atoms with Gasteiger partial charge in [-0.25, -0.2) is 0 Å². The summed E-state index contributed by atoms with van der Waals surface area (Å²) in [6.45, 7) is 5.71. The van der Waals surface area contributed by atoms with E-state index in [0.29, 0.717) is 37.1 Å². The molecule has 22 nitrogen and oxygen atoms in total. The van der Waals surface area contributed by atoms with Crippen LogP contribution in [0.15, 0.2) is 12.4 Å². The lowest BCUT2D eigenvalue weighted by atomic mass is 10.2. The average molecular weight is 804 g/mol. The molecule has 0 radical (unpaired) electrons. The van der Waals surface area contributed by atoms with E-state index in [1.807, 2.05) is 27.7 Å². The predicted octanol–water partition coefficient (Wildman–Crippen LogP) is -2.97. The molecule has 1 atom stereocenters. The second kappa shape index (κ2) is 24.2. The van der Waals surface area contributed by atoms with Crippen LogP contribution in [0.3, 0.4) is 0 Å². The summed E-state index contributed by atoms with van der Waals surface area (Å²) in [5, 5.41) is 15.7. The summed E-state index contributed by atoms with van der Waals surface area (Å²) in [7, 11) is 3.32. The van der Waals surface area contributed by atoms with Gasteiger partial charge in [0.15, 0.2) is 0 Å². The molecule has 2 aromatic heterocycles. The van der Waals surface area contributed by atoms with Crippen LogP contribution in [0.1, 0.15) is 64.8 Å². The van der Waals surface area contributed by atoms with E-state index in [9.17, 15) is 33.6 Å². The number of hydrogen-bond acceptors (Lipinski definition) is 13. The Morgan fingerprint density at radius 1 is 0.561 bits per heavy atom. The van der Waals surface area contributed by atoms with Crippen molar-refractivity contribution in [3.05, 3.63) is 23.8 Å². The van der Waals surface area contributed by atoms with Crippen molar-refractivity contribution in [2.45, 2.75) is 72.5 Å². The van der Waals surface area contributed by atoms with Crippen molar-refractivity contribution >= 4 is 41.4 Å². The molecule has 0 aliphatic rings. The van der Waals surface area contributed by atoms with Gasteiger partial charge >= 0.3 is 0 Å². The van der Waals surface area contributed by atoms with E-state index in [2.05, 4.69) is 20.6 Å². The van der Waals surface area contributed by atoms with E-state index in [1.165, 1.54) is 38.8 Å². The monoisotopic (exact) mass is 803 g/mol. The van der Waals surface area contributed by atoms with Gasteiger partial charge in [-0.05, 0) is 25.7 Å². The molecule has 2 aromatic rings. The van der Waals surface area contributed by atoms with Crippen LogP contribution >= 0.6 is 0 Å². The molecule has 0 aliphatic carbocycles. The summed E-state index contributed by atoms with van der Waals surface area (Å²) >= 11 is 0. The minimum atomic E-state index is -1.05. The maximum Gasteiger partial charge on any atom is 0.243 e. The summed E-state index contributed by atoms with van der Waals surface area (Å²) in [6, 6.07) is -1.05. The van der Waals surface area contributed by atoms with Crippen LogP contribution in [0.25, 0.3) is 0 Å². The van der Waals surface area contributed by atoms with Crippen LogP contribution < -0.4 is 17.2 Å². The fourth-order valence-electron chi connectivity index (χ4n) is 5.86. The molecule has 7 amide bonds. The Morgan fingerprint density at radius 3 is 1.16 bits per heavy atom. The highest BCUT2D eigenvalue weighted by atomic mass is 16.2. The first kappa shape index (κ1) is 47.6. The third kappa shape index (κ3) is 15.9. The van der Waals surface area contributed by atoms with Crippen molar-refractivity contribution < 1.29 is 33.6 Å². The van der Waals surface area contributed by atoms with Gasteiger partial charge in [-0.1, -0.05) is 38.1 Å². The molecule has 0 saturated carbocycles. The first-order valence-corrected chi connectivity index (χ1v) is 19.2. The van der Waals surface area contributed by atoms with Gasteiger partial charge in [-0.2, -0.15) is 0 Å².